The first kappa shape index (κ1) is 19.7. The van der Waals surface area contributed by atoms with Crippen LogP contribution in [0.3, 0.4) is 0 Å². The van der Waals surface area contributed by atoms with Crippen LogP contribution in [0, 0.1) is 5.82 Å². The average molecular weight is 393 g/mol. The van der Waals surface area contributed by atoms with Crippen molar-refractivity contribution in [3.63, 3.8) is 0 Å². The SMILES string of the molecule is C=C(N[C@H](C)c1ccc(OCC(F)(F)F)nc1)c1cc2ccc(F)cc2n1C. The van der Waals surface area contributed by atoms with Gasteiger partial charge in [0.25, 0.3) is 0 Å². The number of pyridine rings is 1. The molecule has 0 bridgehead atoms. The molecule has 0 amide bonds. The second-order valence-corrected chi connectivity index (χ2v) is 6.47. The molecule has 2 aromatic heterocycles. The molecule has 0 radical (unpaired) electrons. The molecule has 3 rings (SSSR count). The number of hydrogen-bond donors (Lipinski definition) is 1. The number of hydrogen-bond acceptors (Lipinski definition) is 3. The molecular formula is C20H19F4N3O. The van der Waals surface area contributed by atoms with E-state index in [1.54, 1.807) is 12.1 Å². The molecule has 8 heteroatoms. The van der Waals surface area contributed by atoms with Crippen LogP contribution in [-0.2, 0) is 7.05 Å². The summed E-state index contributed by atoms with van der Waals surface area (Å²) in [7, 11) is 1.82. The van der Waals surface area contributed by atoms with Crippen LogP contribution in [0.1, 0.15) is 24.2 Å². The van der Waals surface area contributed by atoms with Crippen LogP contribution in [0.15, 0.2) is 49.2 Å². The summed E-state index contributed by atoms with van der Waals surface area (Å²) in [6.07, 6.45) is -2.96. The maximum Gasteiger partial charge on any atom is 0.422 e. The molecule has 2 heterocycles. The van der Waals surface area contributed by atoms with Gasteiger partial charge in [-0.3, -0.25) is 0 Å². The van der Waals surface area contributed by atoms with Crippen molar-refractivity contribution in [3.8, 4) is 5.88 Å². The van der Waals surface area contributed by atoms with Gasteiger partial charge in [-0.15, -0.1) is 0 Å². The van der Waals surface area contributed by atoms with Gasteiger partial charge in [-0.05, 0) is 36.8 Å². The van der Waals surface area contributed by atoms with Crippen molar-refractivity contribution >= 4 is 16.6 Å². The molecule has 148 valence electrons. The van der Waals surface area contributed by atoms with E-state index in [-0.39, 0.29) is 17.7 Å². The van der Waals surface area contributed by atoms with E-state index in [9.17, 15) is 17.6 Å². The Morgan fingerprint density at radius 3 is 2.64 bits per heavy atom. The lowest BCUT2D eigenvalue weighted by atomic mass is 10.1. The molecule has 1 N–H and O–H groups in total. The molecule has 28 heavy (non-hydrogen) atoms. The molecule has 0 aliphatic carbocycles. The Balaban J connectivity index is 1.70. The minimum absolute atomic E-state index is 0.0946. The fourth-order valence-corrected chi connectivity index (χ4v) is 2.90. The maximum atomic E-state index is 13.5. The molecule has 3 aromatic rings. The van der Waals surface area contributed by atoms with Gasteiger partial charge in [0.2, 0.25) is 5.88 Å². The predicted octanol–water partition coefficient (Wildman–Crippen LogP) is 4.98. The van der Waals surface area contributed by atoms with Gasteiger partial charge < -0.3 is 14.6 Å². The van der Waals surface area contributed by atoms with Gasteiger partial charge in [0.1, 0.15) is 5.82 Å². The lowest BCUT2D eigenvalue weighted by Crippen LogP contribution is -2.20. The fourth-order valence-electron chi connectivity index (χ4n) is 2.90. The second kappa shape index (κ2) is 7.53. The highest BCUT2D eigenvalue weighted by Crippen LogP contribution is 2.25. The van der Waals surface area contributed by atoms with E-state index in [2.05, 4.69) is 21.6 Å². The normalized spacial score (nSPS) is 12.8. The number of benzene rings is 1. The van der Waals surface area contributed by atoms with E-state index in [1.165, 1.54) is 24.4 Å². The van der Waals surface area contributed by atoms with Crippen molar-refractivity contribution in [3.05, 3.63) is 66.2 Å². The summed E-state index contributed by atoms with van der Waals surface area (Å²) in [6.45, 7) is 4.54. The first-order valence-electron chi connectivity index (χ1n) is 8.50. The first-order chi connectivity index (χ1) is 13.1. The monoisotopic (exact) mass is 393 g/mol. The smallest absolute Gasteiger partial charge is 0.422 e. The number of aryl methyl sites for hydroxylation is 1. The van der Waals surface area contributed by atoms with E-state index in [4.69, 9.17) is 0 Å². The standard InChI is InChI=1S/C20H19F4N3O/c1-12(15-5-7-19(25-10-15)28-11-20(22,23)24)26-13(2)17-8-14-4-6-16(21)9-18(14)27(17)3/h4-10,12,26H,2,11H2,1,3H3/t12-/m1/s1. The summed E-state index contributed by atoms with van der Waals surface area (Å²) in [5, 5.41) is 4.13. The summed E-state index contributed by atoms with van der Waals surface area (Å²) >= 11 is 0. The Labute approximate surface area is 159 Å². The van der Waals surface area contributed by atoms with E-state index < -0.39 is 12.8 Å². The van der Waals surface area contributed by atoms with Gasteiger partial charge in [0, 0.05) is 24.7 Å². The molecule has 0 saturated carbocycles. The summed E-state index contributed by atoms with van der Waals surface area (Å²) in [5.41, 5.74) is 2.93. The van der Waals surface area contributed by atoms with Crippen LogP contribution in [0.2, 0.25) is 0 Å². The minimum Gasteiger partial charge on any atom is -0.468 e. The zero-order chi connectivity index (χ0) is 20.5. The third kappa shape index (κ3) is 4.44. The summed E-state index contributed by atoms with van der Waals surface area (Å²) in [6, 6.07) is 9.30. The van der Waals surface area contributed by atoms with Crippen molar-refractivity contribution in [1.29, 1.82) is 0 Å². The molecule has 0 saturated heterocycles. The largest absolute Gasteiger partial charge is 0.468 e. The third-order valence-electron chi connectivity index (χ3n) is 4.35. The van der Waals surface area contributed by atoms with Crippen LogP contribution >= 0.6 is 0 Å². The van der Waals surface area contributed by atoms with E-state index in [0.717, 1.165) is 22.2 Å². The van der Waals surface area contributed by atoms with Crippen molar-refractivity contribution in [2.75, 3.05) is 6.61 Å². The Morgan fingerprint density at radius 1 is 1.25 bits per heavy atom. The van der Waals surface area contributed by atoms with Crippen molar-refractivity contribution in [1.82, 2.24) is 14.9 Å². The summed E-state index contributed by atoms with van der Waals surface area (Å²) < 4.78 is 56.5. The molecular weight excluding hydrogens is 374 g/mol. The highest BCUT2D eigenvalue weighted by Gasteiger charge is 2.28. The number of nitrogens with one attached hydrogen (secondary N) is 1. The highest BCUT2D eigenvalue weighted by atomic mass is 19.4. The number of fused-ring (bicyclic) bond motifs is 1. The molecule has 0 unspecified atom stereocenters. The topological polar surface area (TPSA) is 39.1 Å². The third-order valence-corrected chi connectivity index (χ3v) is 4.35. The molecule has 0 spiro atoms. The maximum absolute atomic E-state index is 13.5. The second-order valence-electron chi connectivity index (χ2n) is 6.47. The Bertz CT molecular complexity index is 993. The van der Waals surface area contributed by atoms with Crippen LogP contribution in [-0.4, -0.2) is 22.3 Å². The zero-order valence-corrected chi connectivity index (χ0v) is 15.3. The molecule has 1 atom stereocenters. The van der Waals surface area contributed by atoms with Crippen LogP contribution < -0.4 is 10.1 Å². The average Bonchev–Trinajstić information content (AvgIpc) is 2.96. The fraction of sp³-hybridized carbons (Fsp3) is 0.250. The predicted molar refractivity (Wildman–Crippen MR) is 99.2 cm³/mol. The zero-order valence-electron chi connectivity index (χ0n) is 15.3. The van der Waals surface area contributed by atoms with Crippen molar-refractivity contribution < 1.29 is 22.3 Å². The lowest BCUT2D eigenvalue weighted by Gasteiger charge is -2.18. The number of alkyl halides is 3. The highest BCUT2D eigenvalue weighted by molar-refractivity contribution is 5.85. The van der Waals surface area contributed by atoms with Crippen LogP contribution in [0.5, 0.6) is 5.88 Å². The van der Waals surface area contributed by atoms with Gasteiger partial charge in [0.15, 0.2) is 6.61 Å². The molecule has 0 fully saturated rings. The molecule has 1 aromatic carbocycles. The molecule has 0 aliphatic heterocycles. The number of nitrogens with zero attached hydrogens (tertiary/aromatic N) is 2. The van der Waals surface area contributed by atoms with Gasteiger partial charge in [-0.1, -0.05) is 12.6 Å². The van der Waals surface area contributed by atoms with Crippen molar-refractivity contribution in [2.24, 2.45) is 7.05 Å². The van der Waals surface area contributed by atoms with Crippen LogP contribution in [0.4, 0.5) is 17.6 Å². The Hall–Kier alpha value is -3.03. The van der Waals surface area contributed by atoms with Gasteiger partial charge >= 0.3 is 6.18 Å². The molecule has 4 nitrogen and oxygen atoms in total. The van der Waals surface area contributed by atoms with E-state index in [1.807, 2.05) is 24.6 Å². The lowest BCUT2D eigenvalue weighted by molar-refractivity contribution is -0.154. The van der Waals surface area contributed by atoms with Gasteiger partial charge in [0.05, 0.1) is 22.9 Å². The van der Waals surface area contributed by atoms with Crippen LogP contribution in [0.25, 0.3) is 16.6 Å². The van der Waals surface area contributed by atoms with Gasteiger partial charge in [-0.25, -0.2) is 9.37 Å². The van der Waals surface area contributed by atoms with Gasteiger partial charge in [-0.2, -0.15) is 13.2 Å². The Morgan fingerprint density at radius 2 is 2.00 bits per heavy atom. The summed E-state index contributed by atoms with van der Waals surface area (Å²) in [5.74, 6) is -0.408. The first-order valence-corrected chi connectivity index (χ1v) is 8.50. The number of ether oxygens (including phenoxy) is 1. The van der Waals surface area contributed by atoms with E-state index in [0.29, 0.717) is 5.70 Å². The van der Waals surface area contributed by atoms with E-state index >= 15 is 0 Å². The minimum atomic E-state index is -4.41. The quantitative estimate of drug-likeness (QED) is 0.601. The number of aromatic nitrogens is 2. The summed E-state index contributed by atoms with van der Waals surface area (Å²) in [4.78, 5) is 3.91. The number of rotatable bonds is 6. The number of halogens is 4. The van der Waals surface area contributed by atoms with Crippen molar-refractivity contribution in [2.45, 2.75) is 19.1 Å². The Kier molecular flexibility index (Phi) is 5.31. The molecule has 0 aliphatic rings.